The van der Waals surface area contributed by atoms with E-state index in [1.807, 2.05) is 6.07 Å². The van der Waals surface area contributed by atoms with Crippen molar-refractivity contribution >= 4 is 21.9 Å². The van der Waals surface area contributed by atoms with Crippen LogP contribution in [0.25, 0.3) is 0 Å². The second-order valence-electron chi connectivity index (χ2n) is 4.98. The smallest absolute Gasteiger partial charge is 0.303 e. The van der Waals surface area contributed by atoms with Crippen molar-refractivity contribution in [3.05, 3.63) is 33.8 Å². The Labute approximate surface area is 115 Å². The lowest BCUT2D eigenvalue weighted by Gasteiger charge is -2.43. The molecule has 0 unspecified atom stereocenters. The molecule has 1 aromatic carbocycles. The molecule has 0 aliphatic carbocycles. The van der Waals surface area contributed by atoms with Gasteiger partial charge in [0.1, 0.15) is 0 Å². The van der Waals surface area contributed by atoms with Crippen LogP contribution in [0.15, 0.2) is 22.7 Å². The van der Waals surface area contributed by atoms with Crippen molar-refractivity contribution < 1.29 is 14.6 Å². The van der Waals surface area contributed by atoms with E-state index < -0.39 is 5.97 Å². The molecule has 1 aromatic rings. The standard InChI is InChI=1S/C14H17BrO3/c1-10-4-5-11(15)7-12(10)14(8-18-9-14)6-2-3-13(16)17/h4-5,7H,2-3,6,8-9H2,1H3,(H,16,17). The van der Waals surface area contributed by atoms with Crippen LogP contribution in [-0.4, -0.2) is 24.3 Å². The van der Waals surface area contributed by atoms with E-state index in [0.717, 1.165) is 10.9 Å². The van der Waals surface area contributed by atoms with E-state index >= 15 is 0 Å². The van der Waals surface area contributed by atoms with E-state index in [4.69, 9.17) is 9.84 Å². The number of aliphatic carboxylic acids is 1. The fourth-order valence-corrected chi connectivity index (χ4v) is 2.89. The van der Waals surface area contributed by atoms with Crippen LogP contribution in [0.1, 0.15) is 30.4 Å². The van der Waals surface area contributed by atoms with Crippen LogP contribution in [0.3, 0.4) is 0 Å². The molecule has 1 aliphatic rings. The fourth-order valence-electron chi connectivity index (χ4n) is 2.53. The molecule has 0 saturated carbocycles. The monoisotopic (exact) mass is 312 g/mol. The molecule has 0 radical (unpaired) electrons. The van der Waals surface area contributed by atoms with Gasteiger partial charge >= 0.3 is 5.97 Å². The minimum absolute atomic E-state index is 0.0172. The third kappa shape index (κ3) is 2.75. The molecule has 3 nitrogen and oxygen atoms in total. The van der Waals surface area contributed by atoms with Crippen molar-refractivity contribution in [3.63, 3.8) is 0 Å². The van der Waals surface area contributed by atoms with Crippen LogP contribution in [0.2, 0.25) is 0 Å². The van der Waals surface area contributed by atoms with E-state index in [1.165, 1.54) is 11.1 Å². The zero-order valence-electron chi connectivity index (χ0n) is 10.4. The molecule has 1 aliphatic heterocycles. The SMILES string of the molecule is Cc1ccc(Br)cc1C1(CCCC(=O)O)COC1. The predicted molar refractivity (Wildman–Crippen MR) is 72.9 cm³/mol. The van der Waals surface area contributed by atoms with Gasteiger partial charge in [-0.15, -0.1) is 0 Å². The maximum Gasteiger partial charge on any atom is 0.303 e. The summed E-state index contributed by atoms with van der Waals surface area (Å²) in [5.41, 5.74) is 2.55. The van der Waals surface area contributed by atoms with Crippen molar-refractivity contribution in [1.82, 2.24) is 0 Å². The van der Waals surface area contributed by atoms with Gasteiger partial charge in [-0.05, 0) is 43.0 Å². The van der Waals surface area contributed by atoms with Gasteiger partial charge in [-0.3, -0.25) is 4.79 Å². The summed E-state index contributed by atoms with van der Waals surface area (Å²) >= 11 is 3.50. The molecule has 1 fully saturated rings. The first-order valence-corrected chi connectivity index (χ1v) is 6.89. The highest BCUT2D eigenvalue weighted by molar-refractivity contribution is 9.10. The van der Waals surface area contributed by atoms with Crippen molar-refractivity contribution in [2.75, 3.05) is 13.2 Å². The molecular weight excluding hydrogens is 296 g/mol. The number of carboxylic acids is 1. The lowest BCUT2D eigenvalue weighted by atomic mass is 9.73. The van der Waals surface area contributed by atoms with Gasteiger partial charge in [-0.1, -0.05) is 22.0 Å². The Morgan fingerprint density at radius 1 is 1.50 bits per heavy atom. The number of ether oxygens (including phenoxy) is 1. The number of benzene rings is 1. The molecule has 1 heterocycles. The summed E-state index contributed by atoms with van der Waals surface area (Å²) in [6, 6.07) is 6.26. The van der Waals surface area contributed by atoms with Crippen LogP contribution in [0.4, 0.5) is 0 Å². The van der Waals surface area contributed by atoms with Gasteiger partial charge in [-0.2, -0.15) is 0 Å². The second-order valence-corrected chi connectivity index (χ2v) is 5.90. The molecule has 18 heavy (non-hydrogen) atoms. The van der Waals surface area contributed by atoms with Crippen molar-refractivity contribution in [1.29, 1.82) is 0 Å². The van der Waals surface area contributed by atoms with Gasteiger partial charge < -0.3 is 9.84 Å². The summed E-state index contributed by atoms with van der Waals surface area (Å²) in [7, 11) is 0. The van der Waals surface area contributed by atoms with E-state index in [1.54, 1.807) is 0 Å². The zero-order chi connectivity index (χ0) is 13.2. The van der Waals surface area contributed by atoms with Gasteiger partial charge in [0, 0.05) is 16.3 Å². The molecular formula is C14H17BrO3. The van der Waals surface area contributed by atoms with Crippen LogP contribution < -0.4 is 0 Å². The summed E-state index contributed by atoms with van der Waals surface area (Å²) in [4.78, 5) is 10.6. The molecule has 4 heteroatoms. The largest absolute Gasteiger partial charge is 0.481 e. The summed E-state index contributed by atoms with van der Waals surface area (Å²) in [5, 5.41) is 8.73. The number of hydrogen-bond acceptors (Lipinski definition) is 2. The van der Waals surface area contributed by atoms with Crippen LogP contribution in [0, 0.1) is 6.92 Å². The van der Waals surface area contributed by atoms with Crippen molar-refractivity contribution in [2.24, 2.45) is 0 Å². The maximum atomic E-state index is 10.6. The molecule has 1 N–H and O–H groups in total. The summed E-state index contributed by atoms with van der Waals surface area (Å²) in [6.45, 7) is 3.49. The predicted octanol–water partition coefficient (Wildman–Crippen LogP) is 3.28. The number of aryl methyl sites for hydroxylation is 1. The lowest BCUT2D eigenvalue weighted by molar-refractivity contribution is -0.137. The van der Waals surface area contributed by atoms with Gasteiger partial charge in [0.25, 0.3) is 0 Å². The van der Waals surface area contributed by atoms with Gasteiger partial charge in [0.05, 0.1) is 13.2 Å². The Hall–Kier alpha value is -0.870. The fraction of sp³-hybridized carbons (Fsp3) is 0.500. The van der Waals surface area contributed by atoms with E-state index in [-0.39, 0.29) is 11.8 Å². The first-order valence-electron chi connectivity index (χ1n) is 6.10. The zero-order valence-corrected chi connectivity index (χ0v) is 12.0. The number of halogens is 1. The highest BCUT2D eigenvalue weighted by atomic mass is 79.9. The Kier molecular flexibility index (Phi) is 4.07. The Morgan fingerprint density at radius 3 is 2.78 bits per heavy atom. The first-order chi connectivity index (χ1) is 8.53. The summed E-state index contributed by atoms with van der Waals surface area (Å²) in [6.07, 6.45) is 1.80. The topological polar surface area (TPSA) is 46.5 Å². The van der Waals surface area contributed by atoms with Gasteiger partial charge in [0.15, 0.2) is 0 Å². The molecule has 0 spiro atoms. The minimum atomic E-state index is -0.726. The molecule has 0 bridgehead atoms. The van der Waals surface area contributed by atoms with Crippen LogP contribution in [0.5, 0.6) is 0 Å². The molecule has 0 amide bonds. The summed E-state index contributed by atoms with van der Waals surface area (Å²) in [5.74, 6) is -0.726. The Balaban J connectivity index is 2.16. The molecule has 2 rings (SSSR count). The normalized spacial score (nSPS) is 17.2. The highest BCUT2D eigenvalue weighted by Gasteiger charge is 2.40. The first kappa shape index (κ1) is 13.6. The summed E-state index contributed by atoms with van der Waals surface area (Å²) < 4.78 is 6.44. The maximum absolute atomic E-state index is 10.6. The van der Waals surface area contributed by atoms with Gasteiger partial charge in [0.2, 0.25) is 0 Å². The third-order valence-electron chi connectivity index (χ3n) is 3.57. The van der Waals surface area contributed by atoms with Gasteiger partial charge in [-0.25, -0.2) is 0 Å². The number of hydrogen-bond donors (Lipinski definition) is 1. The highest BCUT2D eigenvalue weighted by Crippen LogP contribution is 2.39. The minimum Gasteiger partial charge on any atom is -0.481 e. The molecule has 0 aromatic heterocycles. The van der Waals surface area contributed by atoms with E-state index in [2.05, 4.69) is 35.0 Å². The Morgan fingerprint density at radius 2 is 2.22 bits per heavy atom. The molecule has 0 atom stereocenters. The lowest BCUT2D eigenvalue weighted by Crippen LogP contribution is -2.47. The average Bonchev–Trinajstić information content (AvgIpc) is 2.25. The third-order valence-corrected chi connectivity index (χ3v) is 4.07. The van der Waals surface area contributed by atoms with Crippen molar-refractivity contribution in [3.8, 4) is 0 Å². The number of carbonyl (C=O) groups is 1. The Bertz CT molecular complexity index is 452. The van der Waals surface area contributed by atoms with Crippen molar-refractivity contribution in [2.45, 2.75) is 31.6 Å². The number of rotatable bonds is 5. The molecule has 1 saturated heterocycles. The van der Waals surface area contributed by atoms with Crippen LogP contribution in [-0.2, 0) is 14.9 Å². The quantitative estimate of drug-likeness (QED) is 0.907. The average molecular weight is 313 g/mol. The van der Waals surface area contributed by atoms with Crippen LogP contribution >= 0.6 is 15.9 Å². The van der Waals surface area contributed by atoms with E-state index in [9.17, 15) is 4.79 Å². The van der Waals surface area contributed by atoms with E-state index in [0.29, 0.717) is 19.6 Å². The second kappa shape index (κ2) is 5.41. The molecule has 98 valence electrons. The number of carboxylic acid groups (broad SMARTS) is 1.